The second-order valence-electron chi connectivity index (χ2n) is 4.49. The van der Waals surface area contributed by atoms with E-state index < -0.39 is 6.10 Å². The molecule has 104 valence electrons. The lowest BCUT2D eigenvalue weighted by Crippen LogP contribution is -2.30. The molecular weight excluding hydrogens is 248 g/mol. The number of β-amino-alcohol motifs (C(OH)–C–C–N with tert-alkyl or cyclic N) is 1. The van der Waals surface area contributed by atoms with Gasteiger partial charge in [-0.15, -0.1) is 0 Å². The van der Waals surface area contributed by atoms with Gasteiger partial charge >= 0.3 is 0 Å². The highest BCUT2D eigenvalue weighted by Gasteiger charge is 2.27. The number of nitrogen functional groups attached to an aromatic ring is 1. The first kappa shape index (κ1) is 13.5. The molecule has 1 amide bonds. The third-order valence-corrected chi connectivity index (χ3v) is 3.24. The zero-order valence-electron chi connectivity index (χ0n) is 11.0. The second kappa shape index (κ2) is 5.36. The number of benzene rings is 1. The molecule has 1 aliphatic rings. The van der Waals surface area contributed by atoms with Gasteiger partial charge in [0.2, 0.25) is 0 Å². The number of carbonyl (C=O) groups excluding carboxylic acids is 1. The van der Waals surface area contributed by atoms with Crippen LogP contribution in [0.5, 0.6) is 11.5 Å². The quantitative estimate of drug-likeness (QED) is 0.778. The predicted molar refractivity (Wildman–Crippen MR) is 70.5 cm³/mol. The van der Waals surface area contributed by atoms with Gasteiger partial charge in [-0.2, -0.15) is 0 Å². The van der Waals surface area contributed by atoms with E-state index in [0.717, 1.165) is 0 Å². The number of nitrogens with two attached hydrogens (primary N) is 1. The largest absolute Gasteiger partial charge is 0.493 e. The number of likely N-dealkylation sites (tertiary alicyclic amines) is 1. The fourth-order valence-electron chi connectivity index (χ4n) is 2.18. The maximum absolute atomic E-state index is 12.3. The molecule has 6 nitrogen and oxygen atoms in total. The van der Waals surface area contributed by atoms with E-state index in [1.165, 1.54) is 14.2 Å². The van der Waals surface area contributed by atoms with Gasteiger partial charge in [0.15, 0.2) is 11.5 Å². The summed E-state index contributed by atoms with van der Waals surface area (Å²) in [4.78, 5) is 13.9. The molecule has 0 aliphatic carbocycles. The molecule has 1 fully saturated rings. The maximum Gasteiger partial charge on any atom is 0.256 e. The Balaban J connectivity index is 2.31. The number of nitrogens with zero attached hydrogens (tertiary/aromatic N) is 1. The summed E-state index contributed by atoms with van der Waals surface area (Å²) in [5.74, 6) is 0.743. The summed E-state index contributed by atoms with van der Waals surface area (Å²) in [5, 5.41) is 9.48. The van der Waals surface area contributed by atoms with Gasteiger partial charge in [-0.1, -0.05) is 0 Å². The van der Waals surface area contributed by atoms with Gasteiger partial charge in [-0.25, -0.2) is 0 Å². The Labute approximate surface area is 111 Å². The van der Waals surface area contributed by atoms with E-state index >= 15 is 0 Å². The predicted octanol–water partition coefficient (Wildman–Crippen LogP) is 0.493. The van der Waals surface area contributed by atoms with Crippen LogP contribution < -0.4 is 15.2 Å². The fourth-order valence-corrected chi connectivity index (χ4v) is 2.18. The van der Waals surface area contributed by atoms with Crippen LogP contribution >= 0.6 is 0 Å². The van der Waals surface area contributed by atoms with Crippen molar-refractivity contribution in [3.05, 3.63) is 17.7 Å². The Morgan fingerprint density at radius 1 is 1.37 bits per heavy atom. The van der Waals surface area contributed by atoms with Gasteiger partial charge in [0.1, 0.15) is 0 Å². The summed E-state index contributed by atoms with van der Waals surface area (Å²) < 4.78 is 10.3. The van der Waals surface area contributed by atoms with Crippen molar-refractivity contribution in [3.63, 3.8) is 0 Å². The number of rotatable bonds is 3. The summed E-state index contributed by atoms with van der Waals surface area (Å²) in [6.45, 7) is 0.875. The Kier molecular flexibility index (Phi) is 3.80. The van der Waals surface area contributed by atoms with Crippen LogP contribution in [-0.2, 0) is 0 Å². The molecule has 1 heterocycles. The second-order valence-corrected chi connectivity index (χ2v) is 4.49. The molecule has 0 spiro atoms. The van der Waals surface area contributed by atoms with Crippen LogP contribution in [0.3, 0.4) is 0 Å². The molecule has 19 heavy (non-hydrogen) atoms. The molecule has 1 aromatic carbocycles. The number of hydrogen-bond acceptors (Lipinski definition) is 5. The van der Waals surface area contributed by atoms with Crippen molar-refractivity contribution in [2.75, 3.05) is 33.0 Å². The lowest BCUT2D eigenvalue weighted by molar-refractivity contribution is 0.0765. The number of methoxy groups -OCH3 is 2. The molecule has 1 atom stereocenters. The number of anilines is 1. The summed E-state index contributed by atoms with van der Waals surface area (Å²) in [5.41, 5.74) is 6.58. The van der Waals surface area contributed by atoms with Crippen LogP contribution in [0.15, 0.2) is 12.1 Å². The lowest BCUT2D eigenvalue weighted by atomic mass is 10.1. The van der Waals surface area contributed by atoms with Crippen molar-refractivity contribution in [1.82, 2.24) is 4.90 Å². The topological polar surface area (TPSA) is 85.0 Å². The highest BCUT2D eigenvalue weighted by atomic mass is 16.5. The van der Waals surface area contributed by atoms with Gasteiger partial charge in [0.25, 0.3) is 5.91 Å². The fraction of sp³-hybridized carbons (Fsp3) is 0.462. The van der Waals surface area contributed by atoms with Crippen LogP contribution in [0.2, 0.25) is 0 Å². The van der Waals surface area contributed by atoms with E-state index in [4.69, 9.17) is 15.2 Å². The Hall–Kier alpha value is -1.95. The minimum absolute atomic E-state index is 0.199. The van der Waals surface area contributed by atoms with Crippen molar-refractivity contribution in [2.24, 2.45) is 0 Å². The minimum Gasteiger partial charge on any atom is -0.493 e. The average Bonchev–Trinajstić information content (AvgIpc) is 2.84. The number of ether oxygens (including phenoxy) is 2. The molecule has 0 aromatic heterocycles. The molecule has 1 saturated heterocycles. The minimum atomic E-state index is -0.453. The zero-order valence-corrected chi connectivity index (χ0v) is 11.0. The Bertz CT molecular complexity index is 490. The molecule has 0 saturated carbocycles. The third-order valence-electron chi connectivity index (χ3n) is 3.24. The average molecular weight is 266 g/mol. The first-order chi connectivity index (χ1) is 9.06. The molecule has 2 rings (SSSR count). The van der Waals surface area contributed by atoms with Gasteiger partial charge in [0.05, 0.1) is 25.9 Å². The van der Waals surface area contributed by atoms with Crippen LogP contribution in [0.1, 0.15) is 16.8 Å². The first-order valence-corrected chi connectivity index (χ1v) is 6.05. The zero-order chi connectivity index (χ0) is 14.0. The summed E-state index contributed by atoms with van der Waals surface area (Å²) >= 11 is 0. The smallest absolute Gasteiger partial charge is 0.256 e. The molecular formula is C13H18N2O4. The Morgan fingerprint density at radius 3 is 2.53 bits per heavy atom. The normalized spacial score (nSPS) is 18.5. The third kappa shape index (κ3) is 2.58. The van der Waals surface area contributed by atoms with Crippen LogP contribution in [0.4, 0.5) is 5.69 Å². The van der Waals surface area contributed by atoms with Crippen molar-refractivity contribution >= 4 is 11.6 Å². The first-order valence-electron chi connectivity index (χ1n) is 6.05. The molecule has 0 radical (unpaired) electrons. The van der Waals surface area contributed by atoms with E-state index in [1.807, 2.05) is 0 Å². The van der Waals surface area contributed by atoms with Gasteiger partial charge in [0, 0.05) is 24.8 Å². The van der Waals surface area contributed by atoms with Crippen molar-refractivity contribution in [3.8, 4) is 11.5 Å². The number of hydrogen-bond donors (Lipinski definition) is 2. The van der Waals surface area contributed by atoms with Crippen LogP contribution in [0.25, 0.3) is 0 Å². The molecule has 3 N–H and O–H groups in total. The SMILES string of the molecule is COc1cc(N)c(C(=O)N2CC[C@@H](O)C2)cc1OC. The Morgan fingerprint density at radius 2 is 2.00 bits per heavy atom. The van der Waals surface area contributed by atoms with E-state index in [0.29, 0.717) is 42.3 Å². The van der Waals surface area contributed by atoms with Gasteiger partial charge in [-0.05, 0) is 12.5 Å². The van der Waals surface area contributed by atoms with Crippen molar-refractivity contribution in [2.45, 2.75) is 12.5 Å². The summed E-state index contributed by atoms with van der Waals surface area (Å²) in [6, 6.07) is 3.14. The van der Waals surface area contributed by atoms with E-state index in [-0.39, 0.29) is 5.91 Å². The number of carbonyl (C=O) groups is 1. The summed E-state index contributed by atoms with van der Waals surface area (Å²) in [7, 11) is 3.01. The van der Waals surface area contributed by atoms with Crippen molar-refractivity contribution < 1.29 is 19.4 Å². The maximum atomic E-state index is 12.3. The van der Waals surface area contributed by atoms with Gasteiger partial charge < -0.3 is 25.2 Å². The molecule has 1 aliphatic heterocycles. The van der Waals surface area contributed by atoms with E-state index in [9.17, 15) is 9.90 Å². The number of aliphatic hydroxyl groups is 1. The molecule has 0 unspecified atom stereocenters. The lowest BCUT2D eigenvalue weighted by Gasteiger charge is -2.18. The molecule has 0 bridgehead atoms. The van der Waals surface area contributed by atoms with E-state index in [1.54, 1.807) is 17.0 Å². The standard InChI is InChI=1S/C13H18N2O4/c1-18-11-5-9(10(14)6-12(11)19-2)13(17)15-4-3-8(16)7-15/h5-6,8,16H,3-4,7,14H2,1-2H3/t8-/m1/s1. The van der Waals surface area contributed by atoms with E-state index in [2.05, 4.69) is 0 Å². The molecule has 1 aromatic rings. The number of amides is 1. The van der Waals surface area contributed by atoms with Crippen LogP contribution in [-0.4, -0.2) is 49.3 Å². The molecule has 6 heteroatoms. The monoisotopic (exact) mass is 266 g/mol. The number of aliphatic hydroxyl groups excluding tert-OH is 1. The summed E-state index contributed by atoms with van der Waals surface area (Å²) in [6.07, 6.45) is 0.143. The van der Waals surface area contributed by atoms with Crippen LogP contribution in [0, 0.1) is 0 Å². The van der Waals surface area contributed by atoms with Crippen molar-refractivity contribution in [1.29, 1.82) is 0 Å². The highest BCUT2D eigenvalue weighted by molar-refractivity contribution is 6.00. The highest BCUT2D eigenvalue weighted by Crippen LogP contribution is 2.32. The van der Waals surface area contributed by atoms with Gasteiger partial charge in [-0.3, -0.25) is 4.79 Å².